The summed E-state index contributed by atoms with van der Waals surface area (Å²) >= 11 is 5.94. The van der Waals surface area contributed by atoms with Crippen molar-refractivity contribution in [3.8, 4) is 5.75 Å². The summed E-state index contributed by atoms with van der Waals surface area (Å²) in [4.78, 5) is 23.4. The van der Waals surface area contributed by atoms with Gasteiger partial charge in [-0.1, -0.05) is 11.6 Å². The minimum Gasteiger partial charge on any atom is -0.487 e. The predicted molar refractivity (Wildman–Crippen MR) is 98.9 cm³/mol. The molecule has 2 aromatic carbocycles. The highest BCUT2D eigenvalue weighted by Gasteiger charge is 2.10. The van der Waals surface area contributed by atoms with Crippen LogP contribution in [0.25, 0.3) is 11.0 Å². The van der Waals surface area contributed by atoms with Gasteiger partial charge in [-0.15, -0.1) is 0 Å². The molecule has 1 heterocycles. The fourth-order valence-electron chi connectivity index (χ4n) is 2.46. The summed E-state index contributed by atoms with van der Waals surface area (Å²) in [6, 6.07) is 9.93. The Hall–Kier alpha value is -3.06. The van der Waals surface area contributed by atoms with E-state index in [-0.39, 0.29) is 23.8 Å². The van der Waals surface area contributed by atoms with Crippen molar-refractivity contribution in [1.82, 2.24) is 0 Å². The molecular weight excluding hydrogens is 377 g/mol. The molecule has 0 atom stereocenters. The number of carbonyl (C=O) groups excluding carboxylic acids is 1. The molecular formula is C19H15ClFNO5. The number of rotatable bonds is 5. The highest BCUT2D eigenvalue weighted by molar-refractivity contribution is 6.32. The van der Waals surface area contributed by atoms with E-state index in [9.17, 15) is 14.0 Å². The van der Waals surface area contributed by atoms with Gasteiger partial charge in [-0.2, -0.15) is 0 Å². The molecule has 0 spiro atoms. The van der Waals surface area contributed by atoms with Gasteiger partial charge in [0.05, 0.1) is 11.6 Å². The number of hydrogen-bond acceptors (Lipinski definition) is 5. The molecule has 0 aliphatic rings. The number of hydrogen-bond donors (Lipinski definition) is 1. The number of nitrogens with one attached hydrogen (secondary N) is 1. The van der Waals surface area contributed by atoms with Crippen LogP contribution in [0.1, 0.15) is 12.5 Å². The van der Waals surface area contributed by atoms with Crippen molar-refractivity contribution >= 4 is 34.4 Å². The summed E-state index contributed by atoms with van der Waals surface area (Å²) < 4.78 is 28.7. The van der Waals surface area contributed by atoms with E-state index in [4.69, 9.17) is 25.5 Å². The fraction of sp³-hybridized carbons (Fsp3) is 0.158. The van der Waals surface area contributed by atoms with E-state index in [2.05, 4.69) is 5.32 Å². The van der Waals surface area contributed by atoms with E-state index < -0.39 is 17.5 Å². The molecule has 0 saturated heterocycles. The maximum atomic E-state index is 13.1. The zero-order valence-corrected chi connectivity index (χ0v) is 15.0. The van der Waals surface area contributed by atoms with Crippen molar-refractivity contribution < 1.29 is 23.1 Å². The molecule has 0 radical (unpaired) electrons. The molecule has 27 heavy (non-hydrogen) atoms. The third-order valence-electron chi connectivity index (χ3n) is 3.63. The smallest absolute Gasteiger partial charge is 0.411 e. The molecule has 0 aliphatic carbocycles. The van der Waals surface area contributed by atoms with E-state index in [1.54, 1.807) is 19.1 Å². The molecule has 0 bridgehead atoms. The first-order valence-electron chi connectivity index (χ1n) is 8.04. The van der Waals surface area contributed by atoms with Gasteiger partial charge in [-0.3, -0.25) is 5.32 Å². The van der Waals surface area contributed by atoms with Crippen LogP contribution >= 0.6 is 11.6 Å². The van der Waals surface area contributed by atoms with E-state index in [0.29, 0.717) is 22.4 Å². The Kier molecular flexibility index (Phi) is 5.61. The van der Waals surface area contributed by atoms with Crippen LogP contribution in [0.5, 0.6) is 5.75 Å². The summed E-state index contributed by atoms with van der Waals surface area (Å²) in [5, 5.41) is 3.29. The Labute approximate surface area is 158 Å². The van der Waals surface area contributed by atoms with Crippen LogP contribution in [-0.2, 0) is 11.3 Å². The van der Waals surface area contributed by atoms with E-state index in [1.165, 1.54) is 24.3 Å². The first-order chi connectivity index (χ1) is 13.0. The number of benzene rings is 2. The summed E-state index contributed by atoms with van der Waals surface area (Å²) in [5.74, 6) is -0.181. The lowest BCUT2D eigenvalue weighted by Gasteiger charge is -2.11. The quantitative estimate of drug-likeness (QED) is 0.636. The third-order valence-corrected chi connectivity index (χ3v) is 3.92. The lowest BCUT2D eigenvalue weighted by Crippen LogP contribution is -2.13. The van der Waals surface area contributed by atoms with Gasteiger partial charge in [0.25, 0.3) is 0 Å². The summed E-state index contributed by atoms with van der Waals surface area (Å²) in [6.07, 6.45) is -0.607. The molecule has 8 heteroatoms. The van der Waals surface area contributed by atoms with Crippen LogP contribution in [-0.4, -0.2) is 12.7 Å². The van der Waals surface area contributed by atoms with Crippen LogP contribution in [0.4, 0.5) is 14.9 Å². The molecule has 1 amide bonds. The van der Waals surface area contributed by atoms with Gasteiger partial charge in [0.1, 0.15) is 23.8 Å². The Bertz CT molecular complexity index is 1050. The number of ether oxygens (including phenoxy) is 2. The highest BCUT2D eigenvalue weighted by Crippen LogP contribution is 2.27. The lowest BCUT2D eigenvalue weighted by molar-refractivity contribution is 0.168. The molecule has 3 rings (SSSR count). The topological polar surface area (TPSA) is 77.8 Å². The zero-order valence-electron chi connectivity index (χ0n) is 14.3. The second kappa shape index (κ2) is 8.09. The standard InChI is InChI=1S/C19H15ClFNO5/c1-2-25-19(24)22-13-4-5-14-11(7-18(23)27-17(14)9-13)10-26-16-6-3-12(21)8-15(16)20/h3-9H,2,10H2,1H3,(H,22,24). The van der Waals surface area contributed by atoms with Gasteiger partial charge in [-0.25, -0.2) is 14.0 Å². The highest BCUT2D eigenvalue weighted by atomic mass is 35.5. The van der Waals surface area contributed by atoms with Crippen molar-refractivity contribution in [3.63, 3.8) is 0 Å². The minimum absolute atomic E-state index is 0.0259. The van der Waals surface area contributed by atoms with Crippen molar-refractivity contribution in [1.29, 1.82) is 0 Å². The van der Waals surface area contributed by atoms with E-state index >= 15 is 0 Å². The zero-order chi connectivity index (χ0) is 19.4. The van der Waals surface area contributed by atoms with Crippen LogP contribution < -0.4 is 15.7 Å². The van der Waals surface area contributed by atoms with Gasteiger partial charge in [0.15, 0.2) is 0 Å². The van der Waals surface area contributed by atoms with Crippen LogP contribution in [0.3, 0.4) is 0 Å². The van der Waals surface area contributed by atoms with Crippen LogP contribution in [0.15, 0.2) is 51.7 Å². The molecule has 0 saturated carbocycles. The Morgan fingerprint density at radius 2 is 2.04 bits per heavy atom. The molecule has 3 aromatic rings. The average Bonchev–Trinajstić information content (AvgIpc) is 2.60. The van der Waals surface area contributed by atoms with Gasteiger partial charge in [-0.05, 0) is 37.3 Å². The third kappa shape index (κ3) is 4.57. The maximum Gasteiger partial charge on any atom is 0.411 e. The SMILES string of the molecule is CCOC(=O)Nc1ccc2c(COc3ccc(F)cc3Cl)cc(=O)oc2c1. The fourth-order valence-corrected chi connectivity index (χ4v) is 2.68. The molecule has 0 unspecified atom stereocenters. The van der Waals surface area contributed by atoms with Crippen molar-refractivity contribution in [2.24, 2.45) is 0 Å². The number of halogens is 2. The molecule has 0 fully saturated rings. The van der Waals surface area contributed by atoms with Crippen molar-refractivity contribution in [3.05, 3.63) is 69.3 Å². The monoisotopic (exact) mass is 391 g/mol. The molecule has 6 nitrogen and oxygen atoms in total. The van der Waals surface area contributed by atoms with E-state index in [0.717, 1.165) is 6.07 Å². The van der Waals surface area contributed by atoms with Gasteiger partial charge in [0, 0.05) is 28.8 Å². The largest absolute Gasteiger partial charge is 0.487 e. The summed E-state index contributed by atoms with van der Waals surface area (Å²) in [7, 11) is 0. The Morgan fingerprint density at radius 3 is 2.78 bits per heavy atom. The van der Waals surface area contributed by atoms with Crippen LogP contribution in [0, 0.1) is 5.82 Å². The first-order valence-corrected chi connectivity index (χ1v) is 8.42. The average molecular weight is 392 g/mol. The number of carbonyl (C=O) groups is 1. The minimum atomic E-state index is -0.607. The maximum absolute atomic E-state index is 13.1. The molecule has 140 valence electrons. The van der Waals surface area contributed by atoms with Crippen molar-refractivity contribution in [2.75, 3.05) is 11.9 Å². The normalized spacial score (nSPS) is 10.6. The number of fused-ring (bicyclic) bond motifs is 1. The number of amides is 1. The second-order valence-electron chi connectivity index (χ2n) is 5.51. The van der Waals surface area contributed by atoms with Gasteiger partial charge in [0.2, 0.25) is 0 Å². The molecule has 1 N–H and O–H groups in total. The summed E-state index contributed by atoms with van der Waals surface area (Å²) in [5.41, 5.74) is 0.688. The first kappa shape index (κ1) is 18.7. The predicted octanol–water partition coefficient (Wildman–Crippen LogP) is 4.73. The van der Waals surface area contributed by atoms with Crippen molar-refractivity contribution in [2.45, 2.75) is 13.5 Å². The molecule has 1 aromatic heterocycles. The van der Waals surface area contributed by atoms with Gasteiger partial charge < -0.3 is 13.9 Å². The summed E-state index contributed by atoms with van der Waals surface area (Å²) in [6.45, 7) is 1.96. The van der Waals surface area contributed by atoms with Crippen LogP contribution in [0.2, 0.25) is 5.02 Å². The second-order valence-corrected chi connectivity index (χ2v) is 5.92. The Morgan fingerprint density at radius 1 is 1.22 bits per heavy atom. The van der Waals surface area contributed by atoms with E-state index in [1.807, 2.05) is 0 Å². The molecule has 0 aliphatic heterocycles. The van der Waals surface area contributed by atoms with Gasteiger partial charge >= 0.3 is 11.7 Å². The number of anilines is 1. The lowest BCUT2D eigenvalue weighted by atomic mass is 10.1. The Balaban J connectivity index is 1.87.